The molecule has 3 rings (SSSR count). The van der Waals surface area contributed by atoms with E-state index in [1.807, 2.05) is 102 Å². The van der Waals surface area contributed by atoms with Gasteiger partial charge in [-0.1, -0.05) is 133 Å². The van der Waals surface area contributed by atoms with Gasteiger partial charge < -0.3 is 36.8 Å². The molecule has 0 bridgehead atoms. The van der Waals surface area contributed by atoms with Crippen LogP contribution in [0.25, 0.3) is 0 Å². The molecular weight excluding hydrogens is 835 g/mol. The fourth-order valence-corrected chi connectivity index (χ4v) is 9.27. The lowest BCUT2D eigenvalue weighted by Crippen LogP contribution is -2.54. The first-order chi connectivity index (χ1) is 30.2. The smallest absolute Gasteiger partial charge is 0.242 e. The van der Waals surface area contributed by atoms with Crippen molar-refractivity contribution in [2.24, 2.45) is 17.8 Å². The van der Waals surface area contributed by atoms with Crippen LogP contribution < -0.4 is 26.6 Å². The lowest BCUT2D eigenvalue weighted by atomic mass is 9.96. The fourth-order valence-electron chi connectivity index (χ4n) is 7.44. The summed E-state index contributed by atoms with van der Waals surface area (Å²) in [6.07, 6.45) is -2.65. The number of hydrogen-bond acceptors (Lipinski definition) is 9. The van der Waals surface area contributed by atoms with E-state index in [1.54, 1.807) is 30.3 Å². The fraction of sp³-hybridized carbons (Fsp3) is 0.531. The molecule has 352 valence electrons. The minimum absolute atomic E-state index is 0.0372. The minimum Gasteiger partial charge on any atom is -0.390 e. The zero-order chi connectivity index (χ0) is 47.4. The molecule has 2 unspecified atom stereocenters. The van der Waals surface area contributed by atoms with Crippen molar-refractivity contribution in [3.8, 4) is 0 Å². The van der Waals surface area contributed by atoms with E-state index in [2.05, 4.69) is 26.6 Å². The number of rotatable bonds is 27. The van der Waals surface area contributed by atoms with Crippen LogP contribution in [0.5, 0.6) is 0 Å². The van der Waals surface area contributed by atoms with Gasteiger partial charge in [0.1, 0.15) is 11.3 Å². The molecule has 14 nitrogen and oxygen atoms in total. The number of amides is 5. The summed E-state index contributed by atoms with van der Waals surface area (Å²) in [5.74, 6) is -3.37. The Kier molecular flexibility index (Phi) is 22.1. The summed E-state index contributed by atoms with van der Waals surface area (Å²) < 4.78 is 28.8. The number of carbonyl (C=O) groups is 5. The molecule has 3 aromatic carbocycles. The molecule has 0 spiro atoms. The summed E-state index contributed by atoms with van der Waals surface area (Å²) in [4.78, 5) is 66.6. The van der Waals surface area contributed by atoms with Gasteiger partial charge in [-0.15, -0.1) is 0 Å². The molecule has 7 atom stereocenters. The lowest BCUT2D eigenvalue weighted by Gasteiger charge is -2.29. The third kappa shape index (κ3) is 19.7. The van der Waals surface area contributed by atoms with E-state index in [4.69, 9.17) is 0 Å². The normalized spacial score (nSPS) is 15.0. The Labute approximate surface area is 380 Å². The number of aliphatic hydroxyl groups excluding tert-OH is 2. The van der Waals surface area contributed by atoms with E-state index in [1.165, 1.54) is 6.92 Å². The summed E-state index contributed by atoms with van der Waals surface area (Å²) in [7, 11) is -4.28. The molecule has 0 aliphatic rings. The zero-order valence-corrected chi connectivity index (χ0v) is 39.3. The molecule has 5 amide bonds. The topological polar surface area (TPSA) is 220 Å². The van der Waals surface area contributed by atoms with Crippen molar-refractivity contribution < 1.29 is 42.6 Å². The molecule has 0 saturated carbocycles. The second-order valence-electron chi connectivity index (χ2n) is 18.1. The highest BCUT2D eigenvalue weighted by atomic mass is 32.2. The molecule has 0 fully saturated rings. The van der Waals surface area contributed by atoms with E-state index < -0.39 is 81.4 Å². The molecule has 0 radical (unpaired) electrons. The number of benzene rings is 3. The van der Waals surface area contributed by atoms with Crippen molar-refractivity contribution in [3.05, 3.63) is 108 Å². The molecule has 0 aliphatic heterocycles. The van der Waals surface area contributed by atoms with Crippen LogP contribution in [-0.4, -0.2) is 95.5 Å². The summed E-state index contributed by atoms with van der Waals surface area (Å²) in [5.41, 5.74) is 2.31. The average Bonchev–Trinajstić information content (AvgIpc) is 3.21. The molecule has 3 aromatic rings. The van der Waals surface area contributed by atoms with Gasteiger partial charge in [0.2, 0.25) is 29.5 Å². The maximum atomic E-state index is 14.4. The van der Waals surface area contributed by atoms with Crippen molar-refractivity contribution in [1.82, 2.24) is 26.6 Å². The number of sulfone groups is 1. The lowest BCUT2D eigenvalue weighted by molar-refractivity contribution is -0.131. The first-order valence-corrected chi connectivity index (χ1v) is 24.1. The highest BCUT2D eigenvalue weighted by molar-refractivity contribution is 7.92. The average molecular weight is 906 g/mol. The van der Waals surface area contributed by atoms with Crippen LogP contribution in [0.4, 0.5) is 0 Å². The van der Waals surface area contributed by atoms with Crippen LogP contribution in [0.3, 0.4) is 0 Å². The van der Waals surface area contributed by atoms with Crippen molar-refractivity contribution in [3.63, 3.8) is 0 Å². The van der Waals surface area contributed by atoms with E-state index in [0.717, 1.165) is 11.1 Å². The maximum Gasteiger partial charge on any atom is 0.242 e. The van der Waals surface area contributed by atoms with Crippen molar-refractivity contribution in [2.45, 2.75) is 142 Å². The van der Waals surface area contributed by atoms with Crippen LogP contribution >= 0.6 is 0 Å². The number of nitrogens with one attached hydrogen (secondary N) is 5. The molecule has 15 heteroatoms. The summed E-state index contributed by atoms with van der Waals surface area (Å²) in [6, 6.07) is 23.4. The van der Waals surface area contributed by atoms with Crippen molar-refractivity contribution in [2.75, 3.05) is 5.75 Å². The van der Waals surface area contributed by atoms with Crippen LogP contribution in [0.1, 0.15) is 97.3 Å². The standard InChI is InChI=1S/C49H71N5O9S/c1-32(2)23-40(42(55)28-45(57)50-30-38-21-15-10-16-22-38)53-48(60)35(7)51-47(59)29-43(56)41(24-33(3)4)54-49(61)44(27-37-19-13-9-14-20-37)64(62,63)31-39(52-46(58)25-34(5)6)26-36-17-11-8-12-18-36/h8-22,32-35,39-44,55-56H,23-31H2,1-7H3,(H,50,57)(H,51,59)(H,52,58)(H,53,60)(H,54,61)/t35-,39-,40-,41-,42?,43?,44-/m0/s1. The Bertz CT molecular complexity index is 2020. The predicted octanol–water partition coefficient (Wildman–Crippen LogP) is 4.17. The van der Waals surface area contributed by atoms with Gasteiger partial charge in [-0.25, -0.2) is 8.42 Å². The summed E-state index contributed by atoms with van der Waals surface area (Å²) in [6.45, 7) is 13.1. The van der Waals surface area contributed by atoms with Crippen molar-refractivity contribution in [1.29, 1.82) is 0 Å². The number of carbonyl (C=O) groups excluding carboxylic acids is 5. The number of aliphatic hydroxyl groups is 2. The summed E-state index contributed by atoms with van der Waals surface area (Å²) in [5, 5.41) is 34.7. The Morgan fingerprint density at radius 1 is 0.516 bits per heavy atom. The molecular formula is C49H71N5O9S. The molecule has 7 N–H and O–H groups in total. The third-order valence-corrected chi connectivity index (χ3v) is 12.7. The van der Waals surface area contributed by atoms with Gasteiger partial charge in [0, 0.05) is 19.0 Å². The Balaban J connectivity index is 1.73. The molecule has 0 saturated heterocycles. The van der Waals surface area contributed by atoms with E-state index in [9.17, 15) is 42.6 Å². The molecule has 0 aromatic heterocycles. The van der Waals surface area contributed by atoms with E-state index >= 15 is 0 Å². The number of hydrogen-bond donors (Lipinski definition) is 7. The van der Waals surface area contributed by atoms with E-state index in [0.29, 0.717) is 12.0 Å². The van der Waals surface area contributed by atoms with Gasteiger partial charge in [0.05, 0.1) is 42.9 Å². The van der Waals surface area contributed by atoms with Gasteiger partial charge in [0.15, 0.2) is 9.84 Å². The van der Waals surface area contributed by atoms with Gasteiger partial charge in [-0.2, -0.15) is 0 Å². The minimum atomic E-state index is -4.28. The van der Waals surface area contributed by atoms with E-state index in [-0.39, 0.29) is 68.2 Å². The highest BCUT2D eigenvalue weighted by Gasteiger charge is 2.38. The maximum absolute atomic E-state index is 14.4. The second kappa shape index (κ2) is 26.6. The first kappa shape index (κ1) is 53.2. The largest absolute Gasteiger partial charge is 0.390 e. The second-order valence-corrected chi connectivity index (χ2v) is 20.4. The van der Waals surface area contributed by atoms with Gasteiger partial charge >= 0.3 is 0 Å². The first-order valence-electron chi connectivity index (χ1n) is 22.4. The van der Waals surface area contributed by atoms with Crippen molar-refractivity contribution >= 4 is 39.4 Å². The van der Waals surface area contributed by atoms with Crippen LogP contribution in [0, 0.1) is 17.8 Å². The Hall–Kier alpha value is -5.12. The predicted molar refractivity (Wildman–Crippen MR) is 249 cm³/mol. The monoisotopic (exact) mass is 905 g/mol. The molecule has 64 heavy (non-hydrogen) atoms. The molecule has 0 heterocycles. The van der Waals surface area contributed by atoms with Gasteiger partial charge in [-0.3, -0.25) is 24.0 Å². The highest BCUT2D eigenvalue weighted by Crippen LogP contribution is 2.19. The van der Waals surface area contributed by atoms with Crippen LogP contribution in [-0.2, 0) is 53.2 Å². The molecule has 0 aliphatic carbocycles. The SMILES string of the molecule is CC(C)CC(=O)N[C@@H](Cc1ccccc1)CS(=O)(=O)[C@@H](Cc1ccccc1)C(=O)N[C@@H](CC(C)C)C(O)CC(=O)N[C@@H](C)C(=O)N[C@@H](CC(C)C)C(O)CC(=O)NCc1ccccc1. The Morgan fingerprint density at radius 3 is 1.44 bits per heavy atom. The third-order valence-electron chi connectivity index (χ3n) is 10.6. The van der Waals surface area contributed by atoms with Crippen LogP contribution in [0.15, 0.2) is 91.0 Å². The summed E-state index contributed by atoms with van der Waals surface area (Å²) >= 11 is 0. The van der Waals surface area contributed by atoms with Gasteiger partial charge in [0.25, 0.3) is 0 Å². The zero-order valence-electron chi connectivity index (χ0n) is 38.5. The van der Waals surface area contributed by atoms with Gasteiger partial charge in [-0.05, 0) is 67.1 Å². The van der Waals surface area contributed by atoms with Crippen LogP contribution in [0.2, 0.25) is 0 Å². The quantitative estimate of drug-likeness (QED) is 0.0583. The Morgan fingerprint density at radius 2 is 0.953 bits per heavy atom.